The molecule has 25 heavy (non-hydrogen) atoms. The summed E-state index contributed by atoms with van der Waals surface area (Å²) in [6, 6.07) is 0. The molecule has 2 aliphatic rings. The van der Waals surface area contributed by atoms with Crippen LogP contribution < -0.4 is 5.32 Å². The fraction of sp³-hybridized carbons (Fsp3) is 0.938. The van der Waals surface area contributed by atoms with Crippen LogP contribution in [0.1, 0.15) is 19.8 Å². The summed E-state index contributed by atoms with van der Waals surface area (Å²) in [4.78, 5) is 7.03. The van der Waals surface area contributed by atoms with E-state index in [0.717, 1.165) is 45.0 Å². The van der Waals surface area contributed by atoms with Gasteiger partial charge in [0.15, 0.2) is 5.96 Å². The molecule has 2 heterocycles. The van der Waals surface area contributed by atoms with E-state index in [0.29, 0.717) is 32.2 Å². The van der Waals surface area contributed by atoms with E-state index >= 15 is 0 Å². The summed E-state index contributed by atoms with van der Waals surface area (Å²) in [6.45, 7) is 7.65. The van der Waals surface area contributed by atoms with E-state index in [1.165, 1.54) is 6.26 Å². The van der Waals surface area contributed by atoms with Crippen LogP contribution in [0.4, 0.5) is 0 Å². The number of morpholine rings is 1. The van der Waals surface area contributed by atoms with Crippen LogP contribution in [0.5, 0.6) is 0 Å². The molecule has 8 nitrogen and oxygen atoms in total. The summed E-state index contributed by atoms with van der Waals surface area (Å²) < 4.78 is 35.7. The molecular weight excluding hydrogens is 344 g/mol. The molecule has 0 spiro atoms. The van der Waals surface area contributed by atoms with Crippen molar-refractivity contribution >= 4 is 16.0 Å². The molecule has 2 aliphatic heterocycles. The average Bonchev–Trinajstić information content (AvgIpc) is 2.59. The minimum atomic E-state index is -3.07. The van der Waals surface area contributed by atoms with Gasteiger partial charge in [0.1, 0.15) is 0 Å². The molecule has 2 saturated heterocycles. The van der Waals surface area contributed by atoms with Gasteiger partial charge in [0, 0.05) is 46.4 Å². The topological polar surface area (TPSA) is 83.5 Å². The maximum absolute atomic E-state index is 11.6. The fourth-order valence-corrected chi connectivity index (χ4v) is 4.14. The number of ether oxygens (including phenoxy) is 2. The van der Waals surface area contributed by atoms with Crippen LogP contribution in [0.25, 0.3) is 0 Å². The van der Waals surface area contributed by atoms with Crippen molar-refractivity contribution in [2.24, 2.45) is 10.9 Å². The Morgan fingerprint density at radius 3 is 2.64 bits per heavy atom. The van der Waals surface area contributed by atoms with Crippen molar-refractivity contribution in [2.75, 3.05) is 65.8 Å². The van der Waals surface area contributed by atoms with Crippen LogP contribution in [-0.2, 0) is 19.5 Å². The van der Waals surface area contributed by atoms with Crippen molar-refractivity contribution in [3.05, 3.63) is 0 Å². The number of piperidine rings is 1. The van der Waals surface area contributed by atoms with Crippen LogP contribution in [0, 0.1) is 5.92 Å². The standard InChI is InChI=1S/C16H32N4O4S/c1-4-17-16(19-9-10-24-15(12-19)13-23-2)18-11-14-5-7-20(8-6-14)25(3,21)22/h14-15H,4-13H2,1-3H3,(H,17,18). The van der Waals surface area contributed by atoms with Gasteiger partial charge in [-0.2, -0.15) is 0 Å². The zero-order chi connectivity index (χ0) is 18.3. The number of sulfonamides is 1. The zero-order valence-corrected chi connectivity index (χ0v) is 16.4. The van der Waals surface area contributed by atoms with E-state index in [-0.39, 0.29) is 6.10 Å². The predicted molar refractivity (Wildman–Crippen MR) is 98.3 cm³/mol. The summed E-state index contributed by atoms with van der Waals surface area (Å²) in [6.07, 6.45) is 3.08. The molecule has 2 rings (SSSR count). The van der Waals surface area contributed by atoms with Crippen molar-refractivity contribution < 1.29 is 17.9 Å². The number of nitrogens with one attached hydrogen (secondary N) is 1. The number of methoxy groups -OCH3 is 1. The quantitative estimate of drug-likeness (QED) is 0.518. The van der Waals surface area contributed by atoms with Crippen molar-refractivity contribution in [1.82, 2.24) is 14.5 Å². The van der Waals surface area contributed by atoms with E-state index in [1.54, 1.807) is 11.4 Å². The largest absolute Gasteiger partial charge is 0.382 e. The lowest BCUT2D eigenvalue weighted by Gasteiger charge is -2.35. The van der Waals surface area contributed by atoms with Crippen molar-refractivity contribution in [1.29, 1.82) is 0 Å². The third kappa shape index (κ3) is 6.40. The minimum absolute atomic E-state index is 0.0700. The zero-order valence-electron chi connectivity index (χ0n) is 15.6. The van der Waals surface area contributed by atoms with Gasteiger partial charge in [-0.25, -0.2) is 12.7 Å². The monoisotopic (exact) mass is 376 g/mol. The molecule has 1 N–H and O–H groups in total. The Morgan fingerprint density at radius 1 is 1.32 bits per heavy atom. The van der Waals surface area contributed by atoms with Gasteiger partial charge in [0.25, 0.3) is 0 Å². The van der Waals surface area contributed by atoms with Gasteiger partial charge in [0.2, 0.25) is 10.0 Å². The number of nitrogens with zero attached hydrogens (tertiary/aromatic N) is 3. The predicted octanol–water partition coefficient (Wildman–Crippen LogP) is -0.0293. The summed E-state index contributed by atoms with van der Waals surface area (Å²) >= 11 is 0. The molecule has 146 valence electrons. The smallest absolute Gasteiger partial charge is 0.211 e. The van der Waals surface area contributed by atoms with Crippen LogP contribution in [-0.4, -0.2) is 95.5 Å². The van der Waals surface area contributed by atoms with Crippen LogP contribution >= 0.6 is 0 Å². The maximum Gasteiger partial charge on any atom is 0.211 e. The second-order valence-electron chi connectivity index (χ2n) is 6.69. The first-order chi connectivity index (χ1) is 11.9. The van der Waals surface area contributed by atoms with Crippen LogP contribution in [0.3, 0.4) is 0 Å². The van der Waals surface area contributed by atoms with E-state index in [9.17, 15) is 8.42 Å². The highest BCUT2D eigenvalue weighted by Crippen LogP contribution is 2.19. The molecule has 0 saturated carbocycles. The minimum Gasteiger partial charge on any atom is -0.382 e. The summed E-state index contributed by atoms with van der Waals surface area (Å²) in [7, 11) is -1.38. The molecule has 0 aromatic rings. The van der Waals surface area contributed by atoms with Crippen molar-refractivity contribution in [3.63, 3.8) is 0 Å². The third-order valence-corrected chi connectivity index (χ3v) is 5.97. The number of guanidine groups is 1. The Kier molecular flexibility index (Phi) is 7.92. The van der Waals surface area contributed by atoms with Gasteiger partial charge < -0.3 is 19.7 Å². The fourth-order valence-electron chi connectivity index (χ4n) is 3.26. The van der Waals surface area contributed by atoms with Gasteiger partial charge in [0.05, 0.1) is 25.6 Å². The summed E-state index contributed by atoms with van der Waals surface area (Å²) in [5, 5.41) is 3.36. The molecule has 9 heteroatoms. The van der Waals surface area contributed by atoms with Gasteiger partial charge in [-0.05, 0) is 25.7 Å². The SMILES string of the molecule is CCNC(=NCC1CCN(S(C)(=O)=O)CC1)N1CCOC(COC)C1. The normalized spacial score (nSPS) is 24.5. The molecule has 0 aliphatic carbocycles. The number of rotatable bonds is 6. The molecule has 1 unspecified atom stereocenters. The maximum atomic E-state index is 11.6. The van der Waals surface area contributed by atoms with Gasteiger partial charge in [-0.3, -0.25) is 4.99 Å². The first kappa shape index (κ1) is 20.4. The Hall–Kier alpha value is -0.900. The number of hydrogen-bond donors (Lipinski definition) is 1. The van der Waals surface area contributed by atoms with Gasteiger partial charge in [-0.15, -0.1) is 0 Å². The molecule has 1 atom stereocenters. The number of aliphatic imine (C=N–C) groups is 1. The van der Waals surface area contributed by atoms with Crippen molar-refractivity contribution in [2.45, 2.75) is 25.9 Å². The molecular formula is C16H32N4O4S. The molecule has 0 amide bonds. The lowest BCUT2D eigenvalue weighted by atomic mass is 9.98. The molecule has 2 fully saturated rings. The number of hydrogen-bond acceptors (Lipinski definition) is 5. The van der Waals surface area contributed by atoms with E-state index in [2.05, 4.69) is 17.1 Å². The van der Waals surface area contributed by atoms with Crippen LogP contribution in [0.2, 0.25) is 0 Å². The Labute approximate surface area is 151 Å². The second-order valence-corrected chi connectivity index (χ2v) is 8.68. The highest BCUT2D eigenvalue weighted by molar-refractivity contribution is 7.88. The van der Waals surface area contributed by atoms with Gasteiger partial charge >= 0.3 is 0 Å². The van der Waals surface area contributed by atoms with E-state index in [4.69, 9.17) is 14.5 Å². The summed E-state index contributed by atoms with van der Waals surface area (Å²) in [5.74, 6) is 1.35. The lowest BCUT2D eigenvalue weighted by molar-refractivity contribution is -0.0447. The van der Waals surface area contributed by atoms with E-state index in [1.807, 2.05) is 0 Å². The molecule has 0 aromatic carbocycles. The molecule has 0 bridgehead atoms. The van der Waals surface area contributed by atoms with Crippen molar-refractivity contribution in [3.8, 4) is 0 Å². The second kappa shape index (κ2) is 9.70. The van der Waals surface area contributed by atoms with Crippen LogP contribution in [0.15, 0.2) is 4.99 Å². The average molecular weight is 377 g/mol. The summed E-state index contributed by atoms with van der Waals surface area (Å²) in [5.41, 5.74) is 0. The highest BCUT2D eigenvalue weighted by Gasteiger charge is 2.26. The van der Waals surface area contributed by atoms with E-state index < -0.39 is 10.0 Å². The first-order valence-corrected chi connectivity index (χ1v) is 10.9. The first-order valence-electron chi connectivity index (χ1n) is 9.03. The Morgan fingerprint density at radius 2 is 2.04 bits per heavy atom. The lowest BCUT2D eigenvalue weighted by Crippen LogP contribution is -2.51. The molecule has 0 radical (unpaired) electrons. The molecule has 0 aromatic heterocycles. The van der Waals surface area contributed by atoms with Gasteiger partial charge in [-0.1, -0.05) is 0 Å². The Balaban J connectivity index is 1.89. The Bertz CT molecular complexity index is 530. The third-order valence-electron chi connectivity index (χ3n) is 4.67. The highest BCUT2D eigenvalue weighted by atomic mass is 32.2.